The van der Waals surface area contributed by atoms with Gasteiger partial charge in [0, 0.05) is 30.9 Å². The van der Waals surface area contributed by atoms with Crippen LogP contribution in [0.15, 0.2) is 35.5 Å². The van der Waals surface area contributed by atoms with Crippen LogP contribution in [0.25, 0.3) is 0 Å². The standard InChI is InChI=1S/C19H26N4O3S/c1-14(2)7-10-27-18-6-5-16(11-17(18)23(25)26)19(24)20-8-4-9-22-13-15(3)12-21-22/h5-6,11-14H,4,7-10H2,1-3H3,(H,20,24). The second kappa shape index (κ2) is 10.1. The topological polar surface area (TPSA) is 90.1 Å². The number of nitrogens with one attached hydrogen (secondary N) is 1. The molecule has 0 aliphatic rings. The lowest BCUT2D eigenvalue weighted by Gasteiger charge is -2.08. The van der Waals surface area contributed by atoms with E-state index in [1.807, 2.05) is 17.8 Å². The fourth-order valence-corrected chi connectivity index (χ4v) is 3.72. The van der Waals surface area contributed by atoms with Crippen molar-refractivity contribution in [2.75, 3.05) is 12.3 Å². The van der Waals surface area contributed by atoms with Gasteiger partial charge in [-0.1, -0.05) is 13.8 Å². The predicted octanol–water partition coefficient (Wildman–Crippen LogP) is 4.06. The second-order valence-electron chi connectivity index (χ2n) is 6.86. The number of nitro groups is 1. The molecule has 146 valence electrons. The lowest BCUT2D eigenvalue weighted by molar-refractivity contribution is -0.387. The quantitative estimate of drug-likeness (QED) is 0.286. The second-order valence-corrected chi connectivity index (χ2v) is 8.00. The summed E-state index contributed by atoms with van der Waals surface area (Å²) in [6.45, 7) is 7.41. The molecule has 1 heterocycles. The molecule has 7 nitrogen and oxygen atoms in total. The van der Waals surface area contributed by atoms with Gasteiger partial charge in [0.05, 0.1) is 16.0 Å². The molecule has 2 rings (SSSR count). The number of thioether (sulfide) groups is 1. The minimum absolute atomic E-state index is 0.0107. The van der Waals surface area contributed by atoms with Gasteiger partial charge in [0.1, 0.15) is 0 Å². The third-order valence-electron chi connectivity index (χ3n) is 3.98. The van der Waals surface area contributed by atoms with Gasteiger partial charge in [-0.15, -0.1) is 11.8 Å². The van der Waals surface area contributed by atoms with Crippen molar-refractivity contribution in [3.8, 4) is 0 Å². The van der Waals surface area contributed by atoms with Gasteiger partial charge in [0.25, 0.3) is 11.6 Å². The maximum Gasteiger partial charge on any atom is 0.283 e. The molecule has 0 aliphatic heterocycles. The van der Waals surface area contributed by atoms with Crippen molar-refractivity contribution in [3.63, 3.8) is 0 Å². The zero-order chi connectivity index (χ0) is 19.8. The predicted molar refractivity (Wildman–Crippen MR) is 107 cm³/mol. The molecule has 27 heavy (non-hydrogen) atoms. The van der Waals surface area contributed by atoms with Crippen molar-refractivity contribution in [2.24, 2.45) is 5.92 Å². The summed E-state index contributed by atoms with van der Waals surface area (Å²) in [6.07, 6.45) is 5.46. The molecular formula is C19H26N4O3S. The summed E-state index contributed by atoms with van der Waals surface area (Å²) in [5.74, 6) is 1.07. The Hall–Kier alpha value is -2.35. The molecular weight excluding hydrogens is 364 g/mol. The third kappa shape index (κ3) is 6.71. The molecule has 1 N–H and O–H groups in total. The summed E-state index contributed by atoms with van der Waals surface area (Å²) in [5.41, 5.74) is 1.39. The molecule has 1 amide bonds. The number of hydrogen-bond donors (Lipinski definition) is 1. The number of aryl methyl sites for hydroxylation is 2. The SMILES string of the molecule is Cc1cnn(CCCNC(=O)c2ccc(SCCC(C)C)c([N+](=O)[O-])c2)c1. The Bertz CT molecular complexity index is 789. The number of hydrogen-bond acceptors (Lipinski definition) is 5. The smallest absolute Gasteiger partial charge is 0.283 e. The van der Waals surface area contributed by atoms with Crippen LogP contribution in [-0.4, -0.2) is 32.9 Å². The first-order chi connectivity index (χ1) is 12.9. The van der Waals surface area contributed by atoms with E-state index >= 15 is 0 Å². The highest BCUT2D eigenvalue weighted by atomic mass is 32.2. The number of aromatic nitrogens is 2. The third-order valence-corrected chi connectivity index (χ3v) is 5.08. The summed E-state index contributed by atoms with van der Waals surface area (Å²) in [6, 6.07) is 4.69. The normalized spacial score (nSPS) is 11.0. The van der Waals surface area contributed by atoms with Crippen LogP contribution in [0.1, 0.15) is 42.6 Å². The van der Waals surface area contributed by atoms with Gasteiger partial charge in [0.15, 0.2) is 0 Å². The molecule has 0 spiro atoms. The Morgan fingerprint density at radius 1 is 1.41 bits per heavy atom. The number of nitro benzene ring substituents is 1. The maximum absolute atomic E-state index is 12.3. The van der Waals surface area contributed by atoms with E-state index in [0.717, 1.165) is 24.2 Å². The van der Waals surface area contributed by atoms with E-state index in [-0.39, 0.29) is 11.6 Å². The van der Waals surface area contributed by atoms with Crippen LogP contribution in [0, 0.1) is 23.0 Å². The van der Waals surface area contributed by atoms with Crippen LogP contribution in [-0.2, 0) is 6.54 Å². The molecule has 2 aromatic rings. The van der Waals surface area contributed by atoms with E-state index in [0.29, 0.717) is 29.5 Å². The molecule has 0 fully saturated rings. The Morgan fingerprint density at radius 2 is 2.19 bits per heavy atom. The van der Waals surface area contributed by atoms with Gasteiger partial charge in [-0.25, -0.2) is 0 Å². The van der Waals surface area contributed by atoms with Crippen molar-refractivity contribution in [1.29, 1.82) is 0 Å². The molecule has 0 saturated carbocycles. The summed E-state index contributed by atoms with van der Waals surface area (Å²) >= 11 is 1.46. The summed E-state index contributed by atoms with van der Waals surface area (Å²) < 4.78 is 1.83. The van der Waals surface area contributed by atoms with Crippen molar-refractivity contribution in [2.45, 2.75) is 45.1 Å². The molecule has 0 aliphatic carbocycles. The fourth-order valence-electron chi connectivity index (χ4n) is 2.46. The first-order valence-electron chi connectivity index (χ1n) is 9.05. The van der Waals surface area contributed by atoms with E-state index < -0.39 is 4.92 Å². The Kier molecular flexibility index (Phi) is 7.84. The minimum atomic E-state index is -0.422. The zero-order valence-electron chi connectivity index (χ0n) is 16.0. The van der Waals surface area contributed by atoms with Crippen LogP contribution >= 0.6 is 11.8 Å². The molecule has 1 aromatic heterocycles. The minimum Gasteiger partial charge on any atom is -0.352 e. The van der Waals surface area contributed by atoms with Crippen LogP contribution in [0.4, 0.5) is 5.69 Å². The number of rotatable bonds is 10. The summed E-state index contributed by atoms with van der Waals surface area (Å²) in [4.78, 5) is 23.8. The highest BCUT2D eigenvalue weighted by molar-refractivity contribution is 7.99. The lowest BCUT2D eigenvalue weighted by atomic mass is 10.2. The van der Waals surface area contributed by atoms with Gasteiger partial charge < -0.3 is 5.32 Å². The Balaban J connectivity index is 1.90. The van der Waals surface area contributed by atoms with E-state index in [1.165, 1.54) is 17.8 Å². The molecule has 0 saturated heterocycles. The lowest BCUT2D eigenvalue weighted by Crippen LogP contribution is -2.25. The highest BCUT2D eigenvalue weighted by Gasteiger charge is 2.18. The molecule has 8 heteroatoms. The van der Waals surface area contributed by atoms with Crippen molar-refractivity contribution < 1.29 is 9.72 Å². The van der Waals surface area contributed by atoms with Crippen LogP contribution in [0.3, 0.4) is 0 Å². The van der Waals surface area contributed by atoms with Crippen molar-refractivity contribution in [3.05, 3.63) is 51.8 Å². The molecule has 1 aromatic carbocycles. The Labute approximate surface area is 163 Å². The fraction of sp³-hybridized carbons (Fsp3) is 0.474. The summed E-state index contributed by atoms with van der Waals surface area (Å²) in [5, 5.41) is 18.4. The maximum atomic E-state index is 12.3. The van der Waals surface area contributed by atoms with Crippen LogP contribution in [0.2, 0.25) is 0 Å². The average molecular weight is 391 g/mol. The largest absolute Gasteiger partial charge is 0.352 e. The number of carbonyl (C=O) groups excluding carboxylic acids is 1. The Morgan fingerprint density at radius 3 is 2.81 bits per heavy atom. The van der Waals surface area contributed by atoms with Crippen molar-refractivity contribution >= 4 is 23.4 Å². The number of nitrogens with zero attached hydrogens (tertiary/aromatic N) is 3. The molecule has 0 radical (unpaired) electrons. The van der Waals surface area contributed by atoms with Crippen molar-refractivity contribution in [1.82, 2.24) is 15.1 Å². The monoisotopic (exact) mass is 390 g/mol. The first-order valence-corrected chi connectivity index (χ1v) is 10.0. The van der Waals surface area contributed by atoms with E-state index in [1.54, 1.807) is 18.3 Å². The van der Waals surface area contributed by atoms with E-state index in [4.69, 9.17) is 0 Å². The average Bonchev–Trinajstić information content (AvgIpc) is 3.03. The zero-order valence-corrected chi connectivity index (χ0v) is 16.8. The van der Waals surface area contributed by atoms with E-state index in [9.17, 15) is 14.9 Å². The molecule has 0 atom stereocenters. The van der Waals surface area contributed by atoms with Gasteiger partial charge in [-0.3, -0.25) is 19.6 Å². The van der Waals surface area contributed by atoms with Crippen LogP contribution < -0.4 is 5.32 Å². The van der Waals surface area contributed by atoms with Gasteiger partial charge in [0.2, 0.25) is 0 Å². The number of benzene rings is 1. The number of amides is 1. The van der Waals surface area contributed by atoms with Gasteiger partial charge in [-0.05, 0) is 49.1 Å². The molecule has 0 bridgehead atoms. The summed E-state index contributed by atoms with van der Waals surface area (Å²) in [7, 11) is 0. The first kappa shape index (κ1) is 21.0. The van der Waals surface area contributed by atoms with Crippen LogP contribution in [0.5, 0.6) is 0 Å². The molecule has 0 unspecified atom stereocenters. The number of carbonyl (C=O) groups is 1. The van der Waals surface area contributed by atoms with E-state index in [2.05, 4.69) is 24.3 Å². The van der Waals surface area contributed by atoms with Gasteiger partial charge in [-0.2, -0.15) is 5.10 Å². The highest BCUT2D eigenvalue weighted by Crippen LogP contribution is 2.31. The van der Waals surface area contributed by atoms with Gasteiger partial charge >= 0.3 is 0 Å².